The van der Waals surface area contributed by atoms with Gasteiger partial charge >= 0.3 is 0 Å². The molecule has 0 amide bonds. The Labute approximate surface area is 222 Å². The normalized spacial score (nSPS) is 23.6. The maximum atomic E-state index is 16.5. The van der Waals surface area contributed by atoms with Gasteiger partial charge in [0.1, 0.15) is 22.9 Å². The zero-order chi connectivity index (χ0) is 25.8. The van der Waals surface area contributed by atoms with Crippen LogP contribution in [0.5, 0.6) is 5.75 Å². The standard InChI is InChI=1S/C31H34FN5O/c1-19-5-4-13-36(19)14-12-28-34-30-26(31(35-28)37-17-21-8-9-22(18-37)33-21)11-10-25(29(30)32)27-16-23(38)15-20-6-2-3-7-24(20)27/h2-3,6-7,10-11,15-16,19,21-22,33,38H,4-5,8-9,12-14,17-18H2,1H3/t19-,21-,22+/m0/s1. The number of benzene rings is 3. The molecule has 3 fully saturated rings. The molecule has 3 aliphatic rings. The van der Waals surface area contributed by atoms with E-state index in [1.54, 1.807) is 12.1 Å². The zero-order valence-electron chi connectivity index (χ0n) is 21.8. The van der Waals surface area contributed by atoms with Crippen molar-refractivity contribution in [3.05, 3.63) is 60.2 Å². The van der Waals surface area contributed by atoms with Crippen molar-refractivity contribution in [3.63, 3.8) is 0 Å². The second kappa shape index (κ2) is 9.47. The van der Waals surface area contributed by atoms with E-state index in [4.69, 9.17) is 9.97 Å². The highest BCUT2D eigenvalue weighted by atomic mass is 19.1. The lowest BCUT2D eigenvalue weighted by Gasteiger charge is -2.34. The molecule has 2 N–H and O–H groups in total. The molecule has 2 bridgehead atoms. The molecule has 4 aromatic rings. The van der Waals surface area contributed by atoms with Gasteiger partial charge in [-0.3, -0.25) is 0 Å². The molecule has 6 nitrogen and oxygen atoms in total. The minimum Gasteiger partial charge on any atom is -0.508 e. The highest BCUT2D eigenvalue weighted by molar-refractivity contribution is 6.01. The monoisotopic (exact) mass is 511 g/mol. The third-order valence-electron chi connectivity index (χ3n) is 8.80. The number of aromatic nitrogens is 2. The highest BCUT2D eigenvalue weighted by Gasteiger charge is 2.34. The Morgan fingerprint density at radius 1 is 0.974 bits per heavy atom. The molecular formula is C31H34FN5O. The van der Waals surface area contributed by atoms with Crippen molar-refractivity contribution >= 4 is 27.5 Å². The molecule has 0 radical (unpaired) electrons. The number of fused-ring (bicyclic) bond motifs is 4. The average Bonchev–Trinajstić information content (AvgIpc) is 3.50. The molecule has 4 heterocycles. The van der Waals surface area contributed by atoms with Crippen LogP contribution in [0.15, 0.2) is 48.5 Å². The van der Waals surface area contributed by atoms with Crippen LogP contribution in [0.25, 0.3) is 32.8 Å². The second-order valence-electron chi connectivity index (χ2n) is 11.3. The van der Waals surface area contributed by atoms with Crippen molar-refractivity contribution < 1.29 is 9.50 Å². The Bertz CT molecular complexity index is 1510. The number of hydrogen-bond acceptors (Lipinski definition) is 6. The number of nitrogens with one attached hydrogen (secondary N) is 1. The first-order valence-corrected chi connectivity index (χ1v) is 14.0. The zero-order valence-corrected chi connectivity index (χ0v) is 21.8. The summed E-state index contributed by atoms with van der Waals surface area (Å²) in [6, 6.07) is 16.4. The van der Waals surface area contributed by atoms with Gasteiger partial charge in [0.15, 0.2) is 5.82 Å². The Hall–Kier alpha value is -3.29. The molecule has 0 unspecified atom stereocenters. The van der Waals surface area contributed by atoms with Gasteiger partial charge in [-0.2, -0.15) is 0 Å². The third-order valence-corrected chi connectivity index (χ3v) is 8.80. The maximum absolute atomic E-state index is 16.5. The Balaban J connectivity index is 1.36. The van der Waals surface area contributed by atoms with E-state index in [-0.39, 0.29) is 11.6 Å². The summed E-state index contributed by atoms with van der Waals surface area (Å²) in [5.41, 5.74) is 1.50. The van der Waals surface area contributed by atoms with Crippen molar-refractivity contribution in [2.75, 3.05) is 31.1 Å². The van der Waals surface area contributed by atoms with Gasteiger partial charge < -0.3 is 20.2 Å². The summed E-state index contributed by atoms with van der Waals surface area (Å²) in [4.78, 5) is 14.7. The number of rotatable bonds is 5. The van der Waals surface area contributed by atoms with Gasteiger partial charge in [0.05, 0.1) is 0 Å². The second-order valence-corrected chi connectivity index (χ2v) is 11.3. The molecule has 0 aliphatic carbocycles. The molecule has 3 atom stereocenters. The van der Waals surface area contributed by atoms with E-state index >= 15 is 4.39 Å². The quantitative estimate of drug-likeness (QED) is 0.381. The summed E-state index contributed by atoms with van der Waals surface area (Å²) in [5, 5.41) is 16.7. The van der Waals surface area contributed by atoms with E-state index in [9.17, 15) is 5.11 Å². The fraction of sp³-hybridized carbons (Fsp3) is 0.419. The van der Waals surface area contributed by atoms with Crippen LogP contribution in [0.4, 0.5) is 10.2 Å². The first-order chi connectivity index (χ1) is 18.5. The number of aromatic hydroxyl groups is 1. The Kier molecular flexibility index (Phi) is 5.93. The van der Waals surface area contributed by atoms with Gasteiger partial charge in [-0.15, -0.1) is 0 Å². The minimum absolute atomic E-state index is 0.123. The van der Waals surface area contributed by atoms with Crippen molar-refractivity contribution in [3.8, 4) is 16.9 Å². The van der Waals surface area contributed by atoms with E-state index in [1.165, 1.54) is 25.7 Å². The molecule has 7 heteroatoms. The number of halogens is 1. The Morgan fingerprint density at radius 2 is 1.79 bits per heavy atom. The molecule has 196 valence electrons. The fourth-order valence-corrected chi connectivity index (χ4v) is 6.81. The van der Waals surface area contributed by atoms with Crippen LogP contribution in [-0.2, 0) is 6.42 Å². The summed E-state index contributed by atoms with van der Waals surface area (Å²) < 4.78 is 16.5. The van der Waals surface area contributed by atoms with Crippen molar-refractivity contribution in [2.24, 2.45) is 0 Å². The SMILES string of the molecule is C[C@H]1CCCN1CCc1nc(N2C[C@H]3CC[C@@H](C2)N3)c2ccc(-c3cc(O)cc4ccccc34)c(F)c2n1. The number of phenols is 1. The maximum Gasteiger partial charge on any atom is 0.157 e. The van der Waals surface area contributed by atoms with Crippen LogP contribution in [0, 0.1) is 5.82 Å². The molecular weight excluding hydrogens is 477 g/mol. The number of piperazine rings is 1. The van der Waals surface area contributed by atoms with E-state index < -0.39 is 0 Å². The van der Waals surface area contributed by atoms with Gasteiger partial charge in [-0.05, 0) is 73.7 Å². The van der Waals surface area contributed by atoms with E-state index in [2.05, 4.69) is 22.0 Å². The molecule has 7 rings (SSSR count). The average molecular weight is 512 g/mol. The fourth-order valence-electron chi connectivity index (χ4n) is 6.81. The first-order valence-electron chi connectivity index (χ1n) is 14.0. The summed E-state index contributed by atoms with van der Waals surface area (Å²) >= 11 is 0. The number of anilines is 1. The molecule has 0 saturated carbocycles. The summed E-state index contributed by atoms with van der Waals surface area (Å²) in [6.45, 7) is 6.03. The first kappa shape index (κ1) is 23.8. The lowest BCUT2D eigenvalue weighted by Crippen LogP contribution is -2.51. The Morgan fingerprint density at radius 3 is 2.58 bits per heavy atom. The van der Waals surface area contributed by atoms with E-state index in [0.29, 0.717) is 47.0 Å². The van der Waals surface area contributed by atoms with Crippen molar-refractivity contribution in [2.45, 2.75) is 57.2 Å². The van der Waals surface area contributed by atoms with Gasteiger partial charge in [0.2, 0.25) is 0 Å². The molecule has 3 saturated heterocycles. The number of nitrogens with zero attached hydrogens (tertiary/aromatic N) is 4. The predicted molar refractivity (Wildman–Crippen MR) is 150 cm³/mol. The van der Waals surface area contributed by atoms with E-state index in [1.807, 2.05) is 36.4 Å². The molecule has 1 aromatic heterocycles. The third kappa shape index (κ3) is 4.18. The smallest absolute Gasteiger partial charge is 0.157 e. The van der Waals surface area contributed by atoms with Gasteiger partial charge in [-0.1, -0.05) is 30.3 Å². The van der Waals surface area contributed by atoms with Crippen molar-refractivity contribution in [1.29, 1.82) is 0 Å². The van der Waals surface area contributed by atoms with Gasteiger partial charge in [0, 0.05) is 55.1 Å². The van der Waals surface area contributed by atoms with Crippen molar-refractivity contribution in [1.82, 2.24) is 20.2 Å². The lowest BCUT2D eigenvalue weighted by molar-refractivity contribution is 0.270. The van der Waals surface area contributed by atoms with Crippen LogP contribution in [0.3, 0.4) is 0 Å². The van der Waals surface area contributed by atoms with Crippen LogP contribution in [-0.4, -0.2) is 64.3 Å². The minimum atomic E-state index is -0.351. The van der Waals surface area contributed by atoms with Gasteiger partial charge in [0.25, 0.3) is 0 Å². The van der Waals surface area contributed by atoms with Crippen LogP contribution < -0.4 is 10.2 Å². The molecule has 0 spiro atoms. The van der Waals surface area contributed by atoms with Crippen LogP contribution in [0.1, 0.15) is 38.4 Å². The number of phenolic OH excluding ortho intramolecular Hbond substituents is 1. The predicted octanol–water partition coefficient (Wildman–Crippen LogP) is 5.26. The highest BCUT2D eigenvalue weighted by Crippen LogP contribution is 2.38. The number of likely N-dealkylation sites (tertiary alicyclic amines) is 1. The number of hydrogen-bond donors (Lipinski definition) is 2. The molecule has 38 heavy (non-hydrogen) atoms. The van der Waals surface area contributed by atoms with Crippen LogP contribution in [0.2, 0.25) is 0 Å². The lowest BCUT2D eigenvalue weighted by atomic mass is 9.96. The van der Waals surface area contributed by atoms with Crippen LogP contribution >= 0.6 is 0 Å². The summed E-state index contributed by atoms with van der Waals surface area (Å²) in [5.74, 6) is 1.33. The largest absolute Gasteiger partial charge is 0.508 e. The van der Waals surface area contributed by atoms with Gasteiger partial charge in [-0.25, -0.2) is 14.4 Å². The summed E-state index contributed by atoms with van der Waals surface area (Å²) in [7, 11) is 0. The molecule has 3 aliphatic heterocycles. The summed E-state index contributed by atoms with van der Waals surface area (Å²) in [6.07, 6.45) is 5.50. The van der Waals surface area contributed by atoms with E-state index in [0.717, 1.165) is 48.2 Å². The topological polar surface area (TPSA) is 64.5 Å². The molecule has 3 aromatic carbocycles.